The minimum absolute atomic E-state index is 0.00416. The molecule has 13 heteroatoms. The van der Waals surface area contributed by atoms with E-state index in [1.807, 2.05) is 41.5 Å². The maximum absolute atomic E-state index is 13.7. The maximum atomic E-state index is 13.7. The average Bonchev–Trinajstić information content (AvgIpc) is 3.17. The third kappa shape index (κ3) is 40.6. The van der Waals surface area contributed by atoms with E-state index in [0.717, 1.165) is 38.5 Å². The average molecular weight is 1100 g/mol. The molecule has 0 saturated heterocycles. The predicted molar refractivity (Wildman–Crippen MR) is 309 cm³/mol. The largest absolute Gasteiger partial charge is 0.465 e. The van der Waals surface area contributed by atoms with Crippen LogP contribution in [0.4, 0.5) is 0 Å². The van der Waals surface area contributed by atoms with E-state index in [4.69, 9.17) is 33.2 Å². The Morgan fingerprint density at radius 1 is 0.247 bits per heavy atom. The number of rotatable bonds is 34. The van der Waals surface area contributed by atoms with Gasteiger partial charge in [0.2, 0.25) is 0 Å². The van der Waals surface area contributed by atoms with Crippen molar-refractivity contribution in [2.75, 3.05) is 52.9 Å². The molecule has 0 aliphatic carbocycles. The highest BCUT2D eigenvalue weighted by Crippen LogP contribution is 2.34. The van der Waals surface area contributed by atoms with E-state index in [1.165, 1.54) is 0 Å². The number of hydrogen-bond acceptors (Lipinski definition) is 13. The molecule has 0 saturated carbocycles. The third-order valence-corrected chi connectivity index (χ3v) is 12.9. The highest BCUT2D eigenvalue weighted by Gasteiger charge is 2.42. The van der Waals surface area contributed by atoms with Gasteiger partial charge < -0.3 is 33.2 Å². The molecule has 0 bridgehead atoms. The summed E-state index contributed by atoms with van der Waals surface area (Å²) < 4.78 is 43.1. The standard InChI is InChI=1S/C64H118O13/c1-45(31-57(7,8)9)25-51(65)72-39-63(40-73-52(66)26-46(2)32-58(10,11)12,41-74-53(67)27-47(3)33-59(13,14)15)37-71-38-64(42-75-54(68)28-48(4)34-60(16,17)18,43-76-55(69)29-49(5)35-61(19,20)21)44-77-56(70)30-50(6)36-62(22,23)24/h45-50H,25-44H2,1-24H3. The lowest BCUT2D eigenvalue weighted by molar-refractivity contribution is -0.176. The molecule has 77 heavy (non-hydrogen) atoms. The molecule has 0 radical (unpaired) electrons. The molecular formula is C64H118O13. The van der Waals surface area contributed by atoms with Gasteiger partial charge in [-0.3, -0.25) is 28.8 Å². The summed E-state index contributed by atoms with van der Waals surface area (Å²) in [7, 11) is 0. The van der Waals surface area contributed by atoms with Crippen LogP contribution >= 0.6 is 0 Å². The second-order valence-electron chi connectivity index (χ2n) is 31.9. The van der Waals surface area contributed by atoms with Crippen molar-refractivity contribution in [1.82, 2.24) is 0 Å². The Balaban J connectivity index is 7.69. The van der Waals surface area contributed by atoms with E-state index in [2.05, 4.69) is 125 Å². The van der Waals surface area contributed by atoms with Gasteiger partial charge in [-0.2, -0.15) is 0 Å². The molecule has 0 amide bonds. The lowest BCUT2D eigenvalue weighted by Gasteiger charge is -2.36. The summed E-state index contributed by atoms with van der Waals surface area (Å²) in [5.41, 5.74) is -3.05. The molecule has 0 fully saturated rings. The number of carbonyl (C=O) groups is 6. The fourth-order valence-electron chi connectivity index (χ4n) is 11.2. The van der Waals surface area contributed by atoms with Crippen LogP contribution in [0.2, 0.25) is 0 Å². The van der Waals surface area contributed by atoms with Gasteiger partial charge in [-0.05, 0) is 107 Å². The van der Waals surface area contributed by atoms with Crippen LogP contribution in [0.15, 0.2) is 0 Å². The number of ether oxygens (including phenoxy) is 7. The van der Waals surface area contributed by atoms with Gasteiger partial charge in [0.15, 0.2) is 0 Å². The summed E-state index contributed by atoms with van der Waals surface area (Å²) in [5.74, 6) is -2.84. The van der Waals surface area contributed by atoms with Gasteiger partial charge in [0, 0.05) is 38.5 Å². The first kappa shape index (κ1) is 73.8. The molecule has 0 spiro atoms. The number of hydrogen-bond donors (Lipinski definition) is 0. The van der Waals surface area contributed by atoms with Gasteiger partial charge in [-0.25, -0.2) is 0 Å². The monoisotopic (exact) mass is 1090 g/mol. The van der Waals surface area contributed by atoms with Crippen LogP contribution < -0.4 is 0 Å². The van der Waals surface area contributed by atoms with Crippen molar-refractivity contribution < 1.29 is 61.9 Å². The van der Waals surface area contributed by atoms with Crippen molar-refractivity contribution in [3.63, 3.8) is 0 Å². The van der Waals surface area contributed by atoms with Gasteiger partial charge in [0.1, 0.15) is 39.6 Å². The quantitative estimate of drug-likeness (QED) is 0.0441. The van der Waals surface area contributed by atoms with Crippen LogP contribution in [0.3, 0.4) is 0 Å². The van der Waals surface area contributed by atoms with Crippen LogP contribution in [0.5, 0.6) is 0 Å². The molecule has 0 aliphatic heterocycles. The number of carbonyl (C=O) groups excluding carboxylic acids is 6. The number of esters is 6. The Morgan fingerprint density at radius 3 is 0.494 bits per heavy atom. The molecule has 6 atom stereocenters. The summed E-state index contributed by atoms with van der Waals surface area (Å²) >= 11 is 0. The lowest BCUT2D eigenvalue weighted by atomic mass is 9.84. The molecule has 0 aliphatic rings. The Bertz CT molecular complexity index is 1450. The minimum atomic E-state index is -1.43. The first-order valence-corrected chi connectivity index (χ1v) is 29.2. The highest BCUT2D eigenvalue weighted by molar-refractivity contribution is 5.72. The summed E-state index contributed by atoms with van der Waals surface area (Å²) in [6.45, 7) is 47.4. The fraction of sp³-hybridized carbons (Fsp3) is 0.906. The predicted octanol–water partition coefficient (Wildman–Crippen LogP) is 15.0. The van der Waals surface area contributed by atoms with E-state index in [1.54, 1.807) is 0 Å². The fourth-order valence-corrected chi connectivity index (χ4v) is 11.2. The Kier molecular flexibility index (Phi) is 30.9. The normalized spacial score (nSPS) is 16.8. The molecule has 13 nitrogen and oxygen atoms in total. The second-order valence-corrected chi connectivity index (χ2v) is 31.9. The minimum Gasteiger partial charge on any atom is -0.465 e. The smallest absolute Gasteiger partial charge is 0.306 e. The van der Waals surface area contributed by atoms with Gasteiger partial charge in [-0.1, -0.05) is 166 Å². The molecule has 0 heterocycles. The lowest BCUT2D eigenvalue weighted by Crippen LogP contribution is -2.47. The van der Waals surface area contributed by atoms with E-state index >= 15 is 0 Å². The van der Waals surface area contributed by atoms with Crippen LogP contribution in [-0.2, 0) is 61.9 Å². The summed E-state index contributed by atoms with van der Waals surface area (Å²) in [4.78, 5) is 82.4. The zero-order chi connectivity index (χ0) is 60.0. The van der Waals surface area contributed by atoms with E-state index in [-0.39, 0.29) is 159 Å². The SMILES string of the molecule is CC(CC(=O)OCC(COCC(COC(=O)CC(C)CC(C)(C)C)(COC(=O)CC(C)CC(C)(C)C)COC(=O)CC(C)CC(C)(C)C)(COC(=O)CC(C)CC(C)(C)C)COC(=O)CC(C)CC(C)(C)C)CC(C)(C)C. The molecule has 0 aromatic heterocycles. The first-order valence-electron chi connectivity index (χ1n) is 29.2. The highest BCUT2D eigenvalue weighted by atomic mass is 16.6. The van der Waals surface area contributed by atoms with E-state index in [9.17, 15) is 28.8 Å². The van der Waals surface area contributed by atoms with Crippen molar-refractivity contribution in [2.45, 2.75) is 243 Å². The van der Waals surface area contributed by atoms with E-state index in [0.29, 0.717) is 0 Å². The zero-order valence-electron chi connectivity index (χ0n) is 53.9. The summed E-state index contributed by atoms with van der Waals surface area (Å²) in [6.07, 6.45) is 5.41. The van der Waals surface area contributed by atoms with Crippen molar-refractivity contribution in [3.05, 3.63) is 0 Å². The van der Waals surface area contributed by atoms with Crippen LogP contribution in [-0.4, -0.2) is 88.7 Å². The van der Waals surface area contributed by atoms with Crippen molar-refractivity contribution >= 4 is 35.8 Å². The van der Waals surface area contributed by atoms with Crippen LogP contribution in [0.1, 0.15) is 243 Å². The van der Waals surface area contributed by atoms with Crippen LogP contribution in [0.25, 0.3) is 0 Å². The van der Waals surface area contributed by atoms with Crippen molar-refractivity contribution in [1.29, 1.82) is 0 Å². The topological polar surface area (TPSA) is 167 Å². The zero-order valence-corrected chi connectivity index (χ0v) is 53.9. The second kappa shape index (κ2) is 32.3. The van der Waals surface area contributed by atoms with Crippen molar-refractivity contribution in [3.8, 4) is 0 Å². The first-order chi connectivity index (χ1) is 34.7. The van der Waals surface area contributed by atoms with Gasteiger partial charge in [-0.15, -0.1) is 0 Å². The molecule has 0 aromatic carbocycles. The Morgan fingerprint density at radius 2 is 0.377 bits per heavy atom. The molecule has 6 unspecified atom stereocenters. The Labute approximate surface area is 470 Å². The Hall–Kier alpha value is -3.22. The molecule has 0 N–H and O–H groups in total. The maximum Gasteiger partial charge on any atom is 0.306 e. The van der Waals surface area contributed by atoms with Gasteiger partial charge in [0.25, 0.3) is 0 Å². The molecule has 0 rings (SSSR count). The molecular weight excluding hydrogens is 977 g/mol. The van der Waals surface area contributed by atoms with Crippen molar-refractivity contribution in [2.24, 2.45) is 78.8 Å². The molecule has 0 aromatic rings. The summed E-state index contributed by atoms with van der Waals surface area (Å²) in [5, 5.41) is 0. The molecule has 452 valence electrons. The van der Waals surface area contributed by atoms with Crippen LogP contribution in [0, 0.1) is 78.8 Å². The van der Waals surface area contributed by atoms with Gasteiger partial charge in [0.05, 0.1) is 24.0 Å². The van der Waals surface area contributed by atoms with Gasteiger partial charge >= 0.3 is 35.8 Å². The van der Waals surface area contributed by atoms with E-state index < -0.39 is 46.6 Å². The summed E-state index contributed by atoms with van der Waals surface area (Å²) in [6, 6.07) is 0. The third-order valence-electron chi connectivity index (χ3n) is 12.9.